The minimum Gasteiger partial charge on any atom is -0.454 e. The highest BCUT2D eigenvalue weighted by atomic mass is 79.9. The lowest BCUT2D eigenvalue weighted by molar-refractivity contribution is 0.102. The number of para-hydroxylation sites is 3. The summed E-state index contributed by atoms with van der Waals surface area (Å²) >= 11 is 9.51. The van der Waals surface area contributed by atoms with Crippen LogP contribution in [0.2, 0.25) is 5.02 Å². The van der Waals surface area contributed by atoms with Crippen molar-refractivity contribution in [3.63, 3.8) is 0 Å². The number of ether oxygens (including phenoxy) is 1. The first kappa shape index (κ1) is 16.6. The number of carbonyl (C=O) groups is 1. The molecule has 0 unspecified atom stereocenters. The molecule has 0 aromatic heterocycles. The largest absolute Gasteiger partial charge is 0.454 e. The summed E-state index contributed by atoms with van der Waals surface area (Å²) in [6.07, 6.45) is 0. The zero-order chi connectivity index (χ0) is 16.9. The van der Waals surface area contributed by atoms with Crippen LogP contribution in [0.15, 0.2) is 77.3 Å². The monoisotopic (exact) mass is 401 g/mol. The molecule has 0 heterocycles. The molecular weight excluding hydrogens is 390 g/mol. The van der Waals surface area contributed by atoms with Gasteiger partial charge in [0.1, 0.15) is 5.75 Å². The first-order chi connectivity index (χ1) is 11.6. The molecule has 1 amide bonds. The van der Waals surface area contributed by atoms with E-state index in [0.717, 1.165) is 4.47 Å². The van der Waals surface area contributed by atoms with Crippen LogP contribution < -0.4 is 10.1 Å². The number of hydrogen-bond acceptors (Lipinski definition) is 2. The van der Waals surface area contributed by atoms with Gasteiger partial charge in [-0.25, -0.2) is 0 Å². The third kappa shape index (κ3) is 3.78. The van der Waals surface area contributed by atoms with Crippen molar-refractivity contribution in [3.8, 4) is 11.5 Å². The van der Waals surface area contributed by atoms with Crippen molar-refractivity contribution < 1.29 is 9.53 Å². The van der Waals surface area contributed by atoms with Gasteiger partial charge < -0.3 is 10.1 Å². The molecule has 0 aliphatic heterocycles. The molecule has 24 heavy (non-hydrogen) atoms. The number of anilines is 1. The van der Waals surface area contributed by atoms with E-state index in [1.807, 2.05) is 42.5 Å². The van der Waals surface area contributed by atoms with Crippen molar-refractivity contribution in [1.29, 1.82) is 0 Å². The summed E-state index contributed by atoms with van der Waals surface area (Å²) in [4.78, 5) is 12.5. The zero-order valence-electron chi connectivity index (χ0n) is 12.5. The Morgan fingerprint density at radius 3 is 2.25 bits per heavy atom. The van der Waals surface area contributed by atoms with E-state index < -0.39 is 0 Å². The number of amides is 1. The van der Waals surface area contributed by atoms with Crippen molar-refractivity contribution >= 4 is 39.1 Å². The van der Waals surface area contributed by atoms with Gasteiger partial charge in [-0.3, -0.25) is 4.79 Å². The zero-order valence-corrected chi connectivity index (χ0v) is 14.8. The molecule has 0 atom stereocenters. The van der Waals surface area contributed by atoms with Gasteiger partial charge in [0.25, 0.3) is 5.91 Å². The smallest absolute Gasteiger partial charge is 0.256 e. The van der Waals surface area contributed by atoms with Gasteiger partial charge in [0.05, 0.1) is 16.3 Å². The maximum atomic E-state index is 12.5. The van der Waals surface area contributed by atoms with E-state index in [1.54, 1.807) is 30.3 Å². The molecule has 3 aromatic carbocycles. The van der Waals surface area contributed by atoms with Crippen LogP contribution in [0.4, 0.5) is 5.69 Å². The van der Waals surface area contributed by atoms with E-state index >= 15 is 0 Å². The Bertz CT molecular complexity index is 883. The Hall–Kier alpha value is -2.30. The molecule has 120 valence electrons. The van der Waals surface area contributed by atoms with Gasteiger partial charge in [-0.05, 0) is 52.3 Å². The van der Waals surface area contributed by atoms with Crippen molar-refractivity contribution in [3.05, 3.63) is 87.9 Å². The number of benzene rings is 3. The second kappa shape index (κ2) is 7.51. The van der Waals surface area contributed by atoms with Crippen LogP contribution in [0.5, 0.6) is 11.5 Å². The highest BCUT2D eigenvalue weighted by Crippen LogP contribution is 2.33. The Balaban J connectivity index is 1.86. The molecule has 0 bridgehead atoms. The second-order valence-corrected chi connectivity index (χ2v) is 6.22. The summed E-state index contributed by atoms with van der Waals surface area (Å²) in [6.45, 7) is 0. The summed E-state index contributed by atoms with van der Waals surface area (Å²) in [5.74, 6) is 0.824. The second-order valence-electron chi connectivity index (χ2n) is 4.96. The van der Waals surface area contributed by atoms with Crippen LogP contribution in [0, 0.1) is 0 Å². The number of rotatable bonds is 4. The van der Waals surface area contributed by atoms with Gasteiger partial charge in [0.15, 0.2) is 5.75 Å². The lowest BCUT2D eigenvalue weighted by Gasteiger charge is -2.13. The van der Waals surface area contributed by atoms with Gasteiger partial charge in [-0.2, -0.15) is 0 Å². The molecule has 0 aliphatic carbocycles. The van der Waals surface area contributed by atoms with Gasteiger partial charge in [0, 0.05) is 4.47 Å². The lowest BCUT2D eigenvalue weighted by atomic mass is 10.2. The topological polar surface area (TPSA) is 38.3 Å². The Morgan fingerprint density at radius 1 is 0.875 bits per heavy atom. The van der Waals surface area contributed by atoms with Crippen LogP contribution in [-0.2, 0) is 0 Å². The Labute approximate surface area is 153 Å². The minimum absolute atomic E-state index is 0.224. The Kier molecular flexibility index (Phi) is 5.18. The van der Waals surface area contributed by atoms with E-state index in [2.05, 4.69) is 21.2 Å². The number of hydrogen-bond donors (Lipinski definition) is 1. The van der Waals surface area contributed by atoms with Crippen molar-refractivity contribution in [1.82, 2.24) is 0 Å². The lowest BCUT2D eigenvalue weighted by Crippen LogP contribution is -2.13. The quantitative estimate of drug-likeness (QED) is 0.568. The average Bonchev–Trinajstić information content (AvgIpc) is 2.59. The minimum atomic E-state index is -0.224. The third-order valence-electron chi connectivity index (χ3n) is 3.31. The molecule has 1 N–H and O–H groups in total. The van der Waals surface area contributed by atoms with Crippen molar-refractivity contribution in [2.45, 2.75) is 0 Å². The molecule has 5 heteroatoms. The molecule has 3 aromatic rings. The standard InChI is InChI=1S/C19H13BrClNO2/c20-14-8-2-1-7-13(14)19(23)22-16-10-4-6-12-18(16)24-17-11-5-3-9-15(17)21/h1-12H,(H,22,23). The predicted octanol–water partition coefficient (Wildman–Crippen LogP) is 6.15. The molecule has 0 spiro atoms. The molecule has 3 rings (SSSR count). The number of carbonyl (C=O) groups excluding carboxylic acids is 1. The average molecular weight is 403 g/mol. The number of nitrogens with one attached hydrogen (secondary N) is 1. The summed E-state index contributed by atoms with van der Waals surface area (Å²) < 4.78 is 6.58. The van der Waals surface area contributed by atoms with Gasteiger partial charge in [-0.15, -0.1) is 0 Å². The van der Waals surface area contributed by atoms with E-state index in [-0.39, 0.29) is 5.91 Å². The molecule has 0 fully saturated rings. The predicted molar refractivity (Wildman–Crippen MR) is 100 cm³/mol. The third-order valence-corrected chi connectivity index (χ3v) is 4.31. The maximum absolute atomic E-state index is 12.5. The normalized spacial score (nSPS) is 10.2. The SMILES string of the molecule is O=C(Nc1ccccc1Oc1ccccc1Cl)c1ccccc1Br. The molecule has 0 saturated heterocycles. The first-order valence-corrected chi connectivity index (χ1v) is 8.39. The van der Waals surface area contributed by atoms with Crippen molar-refractivity contribution in [2.24, 2.45) is 0 Å². The highest BCUT2D eigenvalue weighted by molar-refractivity contribution is 9.10. The fraction of sp³-hybridized carbons (Fsp3) is 0. The van der Waals surface area contributed by atoms with Crippen LogP contribution in [0.25, 0.3) is 0 Å². The van der Waals surface area contributed by atoms with Crippen molar-refractivity contribution in [2.75, 3.05) is 5.32 Å². The molecule has 0 aliphatic rings. The van der Waals surface area contributed by atoms with Crippen LogP contribution in [0.3, 0.4) is 0 Å². The van der Waals surface area contributed by atoms with Gasteiger partial charge >= 0.3 is 0 Å². The van der Waals surface area contributed by atoms with Crippen LogP contribution in [0.1, 0.15) is 10.4 Å². The summed E-state index contributed by atoms with van der Waals surface area (Å²) in [5.41, 5.74) is 1.11. The fourth-order valence-electron chi connectivity index (χ4n) is 2.14. The van der Waals surface area contributed by atoms with E-state index in [0.29, 0.717) is 27.8 Å². The van der Waals surface area contributed by atoms with Crippen LogP contribution in [-0.4, -0.2) is 5.91 Å². The van der Waals surface area contributed by atoms with Gasteiger partial charge in [-0.1, -0.05) is 48.0 Å². The summed E-state index contributed by atoms with van der Waals surface area (Å²) in [5, 5.41) is 3.37. The highest BCUT2D eigenvalue weighted by Gasteiger charge is 2.13. The van der Waals surface area contributed by atoms with Crippen LogP contribution >= 0.6 is 27.5 Å². The molecule has 0 saturated carbocycles. The summed E-state index contributed by atoms with van der Waals surface area (Å²) in [6, 6.07) is 21.6. The molecule has 3 nitrogen and oxygen atoms in total. The summed E-state index contributed by atoms with van der Waals surface area (Å²) in [7, 11) is 0. The first-order valence-electron chi connectivity index (χ1n) is 7.22. The Morgan fingerprint density at radius 2 is 1.50 bits per heavy atom. The molecular formula is C19H13BrClNO2. The van der Waals surface area contributed by atoms with Gasteiger partial charge in [0.2, 0.25) is 0 Å². The van der Waals surface area contributed by atoms with E-state index in [1.165, 1.54) is 0 Å². The van der Waals surface area contributed by atoms with E-state index in [9.17, 15) is 4.79 Å². The number of halogens is 2. The molecule has 0 radical (unpaired) electrons. The maximum Gasteiger partial charge on any atom is 0.256 e. The van der Waals surface area contributed by atoms with E-state index in [4.69, 9.17) is 16.3 Å². The fourth-order valence-corrected chi connectivity index (χ4v) is 2.78.